The number of anilines is 1. The summed E-state index contributed by atoms with van der Waals surface area (Å²) in [6.45, 7) is 0.807. The topological polar surface area (TPSA) is 68.1 Å². The van der Waals surface area contributed by atoms with Crippen LogP contribution in [0.1, 0.15) is 38.5 Å². The SMILES string of the molecule is O=[N+]([O-])c1cnc(NCCCC2CCCC2)c(Cl)c1. The lowest BCUT2D eigenvalue weighted by molar-refractivity contribution is -0.385. The van der Waals surface area contributed by atoms with Crippen molar-refractivity contribution >= 4 is 23.1 Å². The average molecular weight is 284 g/mol. The molecule has 5 nitrogen and oxygen atoms in total. The molecule has 1 aromatic rings. The Hall–Kier alpha value is -1.36. The molecule has 1 aliphatic carbocycles. The molecule has 0 atom stereocenters. The molecule has 1 aliphatic rings. The van der Waals surface area contributed by atoms with Crippen molar-refractivity contribution in [3.05, 3.63) is 27.4 Å². The zero-order valence-electron chi connectivity index (χ0n) is 10.8. The molecule has 2 rings (SSSR count). The van der Waals surface area contributed by atoms with Crippen molar-refractivity contribution in [3.8, 4) is 0 Å². The lowest BCUT2D eigenvalue weighted by atomic mass is 10.0. The van der Waals surface area contributed by atoms with Crippen LogP contribution in [-0.2, 0) is 0 Å². The van der Waals surface area contributed by atoms with Gasteiger partial charge in [0.2, 0.25) is 0 Å². The molecule has 0 aromatic carbocycles. The fourth-order valence-electron chi connectivity index (χ4n) is 2.55. The van der Waals surface area contributed by atoms with Crippen LogP contribution in [0.25, 0.3) is 0 Å². The van der Waals surface area contributed by atoms with E-state index >= 15 is 0 Å². The second kappa shape index (κ2) is 6.70. The zero-order chi connectivity index (χ0) is 13.7. The van der Waals surface area contributed by atoms with Gasteiger partial charge >= 0.3 is 0 Å². The first-order valence-electron chi connectivity index (χ1n) is 6.70. The normalized spacial score (nSPS) is 15.6. The van der Waals surface area contributed by atoms with Crippen LogP contribution in [0.2, 0.25) is 5.02 Å². The molecule has 0 aliphatic heterocycles. The summed E-state index contributed by atoms with van der Waals surface area (Å²) in [6, 6.07) is 1.33. The van der Waals surface area contributed by atoms with Crippen molar-refractivity contribution in [2.75, 3.05) is 11.9 Å². The summed E-state index contributed by atoms with van der Waals surface area (Å²) in [5.41, 5.74) is -0.0819. The minimum Gasteiger partial charge on any atom is -0.369 e. The summed E-state index contributed by atoms with van der Waals surface area (Å²) in [5, 5.41) is 14.0. The highest BCUT2D eigenvalue weighted by Crippen LogP contribution is 2.28. The molecule has 1 saturated carbocycles. The first kappa shape index (κ1) is 14.1. The van der Waals surface area contributed by atoms with Gasteiger partial charge in [-0.15, -0.1) is 0 Å². The molecule has 0 saturated heterocycles. The van der Waals surface area contributed by atoms with Gasteiger partial charge < -0.3 is 5.32 Å². The number of aromatic nitrogens is 1. The highest BCUT2D eigenvalue weighted by Gasteiger charge is 2.14. The standard InChI is InChI=1S/C13H18ClN3O2/c14-12-8-11(17(18)19)9-16-13(12)15-7-3-6-10-4-1-2-5-10/h8-10H,1-7H2,(H,15,16). The molecule has 1 fully saturated rings. The van der Waals surface area contributed by atoms with Crippen molar-refractivity contribution < 1.29 is 4.92 Å². The molecule has 0 amide bonds. The molecule has 0 unspecified atom stereocenters. The van der Waals surface area contributed by atoms with Crippen molar-refractivity contribution in [2.45, 2.75) is 38.5 Å². The number of nitrogens with zero attached hydrogens (tertiary/aromatic N) is 2. The van der Waals surface area contributed by atoms with E-state index in [1.165, 1.54) is 44.4 Å². The predicted octanol–water partition coefficient (Wildman–Crippen LogP) is 4.03. The first-order valence-corrected chi connectivity index (χ1v) is 7.08. The summed E-state index contributed by atoms with van der Waals surface area (Å²) in [7, 11) is 0. The Kier molecular flexibility index (Phi) is 4.96. The second-order valence-corrected chi connectivity index (χ2v) is 5.41. The van der Waals surface area contributed by atoms with E-state index < -0.39 is 4.92 Å². The van der Waals surface area contributed by atoms with Gasteiger partial charge in [-0.3, -0.25) is 10.1 Å². The first-order chi connectivity index (χ1) is 9.16. The number of hydrogen-bond donors (Lipinski definition) is 1. The smallest absolute Gasteiger partial charge is 0.289 e. The Labute approximate surface area is 117 Å². The molecule has 6 heteroatoms. The summed E-state index contributed by atoms with van der Waals surface area (Å²) in [6.07, 6.45) is 9.00. The van der Waals surface area contributed by atoms with Crippen LogP contribution in [0.4, 0.5) is 11.5 Å². The molecular weight excluding hydrogens is 266 g/mol. The maximum Gasteiger partial charge on any atom is 0.289 e. The quantitative estimate of drug-likeness (QED) is 0.486. The maximum absolute atomic E-state index is 10.6. The van der Waals surface area contributed by atoms with E-state index in [2.05, 4.69) is 10.3 Å². The molecule has 1 N–H and O–H groups in total. The molecule has 0 radical (unpaired) electrons. The van der Waals surface area contributed by atoms with Crippen LogP contribution < -0.4 is 5.32 Å². The number of nitrogens with one attached hydrogen (secondary N) is 1. The van der Waals surface area contributed by atoms with E-state index in [9.17, 15) is 10.1 Å². The van der Waals surface area contributed by atoms with Gasteiger partial charge in [0.1, 0.15) is 12.0 Å². The summed E-state index contributed by atoms with van der Waals surface area (Å²) in [4.78, 5) is 14.0. The van der Waals surface area contributed by atoms with Gasteiger partial charge in [-0.25, -0.2) is 4.98 Å². The van der Waals surface area contributed by atoms with Gasteiger partial charge in [0.25, 0.3) is 5.69 Å². The fourth-order valence-corrected chi connectivity index (χ4v) is 2.78. The molecular formula is C13H18ClN3O2. The Morgan fingerprint density at radius 3 is 2.84 bits per heavy atom. The van der Waals surface area contributed by atoms with Crippen LogP contribution in [-0.4, -0.2) is 16.5 Å². The number of rotatable bonds is 6. The predicted molar refractivity (Wildman–Crippen MR) is 75.6 cm³/mol. The maximum atomic E-state index is 10.6. The van der Waals surface area contributed by atoms with Crippen molar-refractivity contribution in [3.63, 3.8) is 0 Å². The zero-order valence-corrected chi connectivity index (χ0v) is 11.5. The Morgan fingerprint density at radius 1 is 1.47 bits per heavy atom. The molecule has 1 heterocycles. The monoisotopic (exact) mass is 283 g/mol. The highest BCUT2D eigenvalue weighted by atomic mass is 35.5. The molecule has 19 heavy (non-hydrogen) atoms. The largest absolute Gasteiger partial charge is 0.369 e. The van der Waals surface area contributed by atoms with E-state index in [-0.39, 0.29) is 5.69 Å². The third-order valence-electron chi connectivity index (χ3n) is 3.59. The fraction of sp³-hybridized carbons (Fsp3) is 0.615. The number of pyridine rings is 1. The van der Waals surface area contributed by atoms with Gasteiger partial charge in [-0.05, 0) is 18.8 Å². The van der Waals surface area contributed by atoms with Crippen LogP contribution in [0.3, 0.4) is 0 Å². The second-order valence-electron chi connectivity index (χ2n) is 5.00. The number of nitro groups is 1. The molecule has 104 valence electrons. The van der Waals surface area contributed by atoms with Crippen molar-refractivity contribution in [1.82, 2.24) is 4.98 Å². The van der Waals surface area contributed by atoms with Gasteiger partial charge in [0.15, 0.2) is 0 Å². The van der Waals surface area contributed by atoms with E-state index in [0.29, 0.717) is 10.8 Å². The third kappa shape index (κ3) is 4.06. The van der Waals surface area contributed by atoms with Crippen molar-refractivity contribution in [2.24, 2.45) is 5.92 Å². The average Bonchev–Trinajstić information content (AvgIpc) is 2.89. The third-order valence-corrected chi connectivity index (χ3v) is 3.88. The van der Waals surface area contributed by atoms with Crippen LogP contribution in [0.5, 0.6) is 0 Å². The Bertz CT molecular complexity index is 448. The molecule has 1 aromatic heterocycles. The van der Waals surface area contributed by atoms with Gasteiger partial charge in [0, 0.05) is 12.6 Å². The molecule has 0 bridgehead atoms. The number of halogens is 1. The minimum absolute atomic E-state index is 0.0819. The van der Waals surface area contributed by atoms with Gasteiger partial charge in [-0.1, -0.05) is 37.3 Å². The van der Waals surface area contributed by atoms with E-state index in [4.69, 9.17) is 11.6 Å². The lowest BCUT2D eigenvalue weighted by Gasteiger charge is -2.10. The van der Waals surface area contributed by atoms with E-state index in [0.717, 1.165) is 18.9 Å². The molecule has 0 spiro atoms. The van der Waals surface area contributed by atoms with Crippen molar-refractivity contribution in [1.29, 1.82) is 0 Å². The highest BCUT2D eigenvalue weighted by molar-refractivity contribution is 6.33. The van der Waals surface area contributed by atoms with Gasteiger partial charge in [0.05, 0.1) is 9.95 Å². The van der Waals surface area contributed by atoms with Crippen LogP contribution in [0, 0.1) is 16.0 Å². The summed E-state index contributed by atoms with van der Waals surface area (Å²) in [5.74, 6) is 1.40. The lowest BCUT2D eigenvalue weighted by Crippen LogP contribution is -2.06. The van der Waals surface area contributed by atoms with Crippen LogP contribution >= 0.6 is 11.6 Å². The van der Waals surface area contributed by atoms with Crippen LogP contribution in [0.15, 0.2) is 12.3 Å². The Morgan fingerprint density at radius 2 is 2.21 bits per heavy atom. The summed E-state index contributed by atoms with van der Waals surface area (Å²) >= 11 is 5.95. The van der Waals surface area contributed by atoms with Gasteiger partial charge in [-0.2, -0.15) is 0 Å². The summed E-state index contributed by atoms with van der Waals surface area (Å²) < 4.78 is 0. The number of hydrogen-bond acceptors (Lipinski definition) is 4. The van der Waals surface area contributed by atoms with E-state index in [1.807, 2.05) is 0 Å². The van der Waals surface area contributed by atoms with E-state index in [1.54, 1.807) is 0 Å². The minimum atomic E-state index is -0.497. The Balaban J connectivity index is 1.77.